The Bertz CT molecular complexity index is 862. The average molecular weight is 293 g/mol. The van der Waals surface area contributed by atoms with Crippen LogP contribution in [0.15, 0.2) is 28.6 Å². The highest BCUT2D eigenvalue weighted by Gasteiger charge is 2.17. The summed E-state index contributed by atoms with van der Waals surface area (Å²) < 4.78 is 23.5. The normalized spacial score (nSPS) is 12.1. The van der Waals surface area contributed by atoms with E-state index in [-0.39, 0.29) is 4.90 Å². The van der Waals surface area contributed by atoms with Crippen molar-refractivity contribution in [3.05, 3.63) is 29.4 Å². The molecule has 7 heteroatoms. The van der Waals surface area contributed by atoms with E-state index < -0.39 is 9.84 Å². The number of hydrogen-bond acceptors (Lipinski definition) is 5. The maximum absolute atomic E-state index is 11.7. The number of aromatic amines is 1. The van der Waals surface area contributed by atoms with E-state index in [9.17, 15) is 8.42 Å². The van der Waals surface area contributed by atoms with Crippen LogP contribution in [0.1, 0.15) is 5.69 Å². The van der Waals surface area contributed by atoms with Crippen LogP contribution in [-0.2, 0) is 9.84 Å². The summed E-state index contributed by atoms with van der Waals surface area (Å²) in [5.41, 5.74) is 3.82. The number of para-hydroxylation sites is 1. The molecule has 2 heterocycles. The number of nitrogens with one attached hydrogen (secondary N) is 1. The molecule has 0 unspecified atom stereocenters. The molecule has 19 heavy (non-hydrogen) atoms. The predicted molar refractivity (Wildman–Crippen MR) is 75.0 cm³/mol. The molecule has 0 spiro atoms. The SMILES string of the molecule is Cc1ncsc1-c1nc2c(S(C)(=O)=O)cccc2[nH]1. The smallest absolute Gasteiger partial charge is 0.177 e. The fourth-order valence-electron chi connectivity index (χ4n) is 1.94. The molecule has 0 atom stereocenters. The highest BCUT2D eigenvalue weighted by atomic mass is 32.2. The minimum atomic E-state index is -3.29. The fraction of sp³-hybridized carbons (Fsp3) is 0.167. The number of aryl methyl sites for hydroxylation is 1. The second kappa shape index (κ2) is 4.14. The van der Waals surface area contributed by atoms with Crippen molar-refractivity contribution in [2.45, 2.75) is 11.8 Å². The molecule has 1 N–H and O–H groups in total. The summed E-state index contributed by atoms with van der Waals surface area (Å²) in [5, 5.41) is 0. The van der Waals surface area contributed by atoms with Gasteiger partial charge in [0.05, 0.1) is 26.5 Å². The van der Waals surface area contributed by atoms with Crippen molar-refractivity contribution in [3.63, 3.8) is 0 Å². The van der Waals surface area contributed by atoms with Crippen molar-refractivity contribution < 1.29 is 8.42 Å². The van der Waals surface area contributed by atoms with Gasteiger partial charge >= 0.3 is 0 Å². The van der Waals surface area contributed by atoms with Crippen LogP contribution in [-0.4, -0.2) is 29.6 Å². The van der Waals surface area contributed by atoms with Crippen LogP contribution in [0.2, 0.25) is 0 Å². The number of imidazole rings is 1. The second-order valence-electron chi connectivity index (χ2n) is 4.28. The van der Waals surface area contributed by atoms with Gasteiger partial charge in [-0.05, 0) is 19.1 Å². The summed E-state index contributed by atoms with van der Waals surface area (Å²) in [6, 6.07) is 5.10. The first-order chi connectivity index (χ1) is 8.97. The summed E-state index contributed by atoms with van der Waals surface area (Å²) in [6.07, 6.45) is 1.19. The fourth-order valence-corrected chi connectivity index (χ4v) is 3.52. The average Bonchev–Trinajstić information content (AvgIpc) is 2.91. The van der Waals surface area contributed by atoms with Crippen LogP contribution in [0.3, 0.4) is 0 Å². The number of H-pyrrole nitrogens is 1. The molecule has 0 saturated heterocycles. The van der Waals surface area contributed by atoms with Crippen molar-refractivity contribution in [2.75, 3.05) is 6.26 Å². The van der Waals surface area contributed by atoms with Crippen LogP contribution in [0.5, 0.6) is 0 Å². The molecule has 0 aliphatic heterocycles. The molecule has 0 bridgehead atoms. The lowest BCUT2D eigenvalue weighted by molar-refractivity contribution is 0.602. The Labute approximate surface area is 114 Å². The third-order valence-corrected chi connectivity index (χ3v) is 4.90. The van der Waals surface area contributed by atoms with Crippen molar-refractivity contribution in [1.29, 1.82) is 0 Å². The summed E-state index contributed by atoms with van der Waals surface area (Å²) in [6.45, 7) is 1.90. The first-order valence-corrected chi connectivity index (χ1v) is 8.33. The summed E-state index contributed by atoms with van der Waals surface area (Å²) in [7, 11) is -3.29. The van der Waals surface area contributed by atoms with Gasteiger partial charge in [-0.3, -0.25) is 0 Å². The third-order valence-electron chi connectivity index (χ3n) is 2.84. The van der Waals surface area contributed by atoms with E-state index in [2.05, 4.69) is 15.0 Å². The lowest BCUT2D eigenvalue weighted by Crippen LogP contribution is -1.97. The van der Waals surface area contributed by atoms with Gasteiger partial charge in [0.1, 0.15) is 5.52 Å². The van der Waals surface area contributed by atoms with Gasteiger partial charge in [0.25, 0.3) is 0 Å². The van der Waals surface area contributed by atoms with Crippen molar-refractivity contribution in [1.82, 2.24) is 15.0 Å². The molecule has 2 aromatic heterocycles. The maximum Gasteiger partial charge on any atom is 0.177 e. The van der Waals surface area contributed by atoms with Crippen molar-refractivity contribution >= 4 is 32.2 Å². The van der Waals surface area contributed by atoms with Gasteiger partial charge in [-0.1, -0.05) is 6.07 Å². The summed E-state index contributed by atoms with van der Waals surface area (Å²) in [5.74, 6) is 0.658. The van der Waals surface area contributed by atoms with Gasteiger partial charge in [-0.2, -0.15) is 0 Å². The number of nitrogens with zero attached hydrogens (tertiary/aromatic N) is 2. The quantitative estimate of drug-likeness (QED) is 0.787. The molecule has 98 valence electrons. The van der Waals surface area contributed by atoms with E-state index in [0.29, 0.717) is 16.9 Å². The van der Waals surface area contributed by atoms with Gasteiger partial charge in [-0.15, -0.1) is 11.3 Å². The predicted octanol–water partition coefficient (Wildman–Crippen LogP) is 2.40. The maximum atomic E-state index is 11.7. The van der Waals surface area contributed by atoms with E-state index in [4.69, 9.17) is 0 Å². The van der Waals surface area contributed by atoms with E-state index in [1.165, 1.54) is 17.6 Å². The van der Waals surface area contributed by atoms with E-state index >= 15 is 0 Å². The summed E-state index contributed by atoms with van der Waals surface area (Å²) in [4.78, 5) is 12.9. The van der Waals surface area contributed by atoms with Crippen molar-refractivity contribution in [3.8, 4) is 10.7 Å². The van der Waals surface area contributed by atoms with Gasteiger partial charge in [-0.25, -0.2) is 18.4 Å². The van der Waals surface area contributed by atoms with Crippen LogP contribution in [0.25, 0.3) is 21.7 Å². The molecule has 5 nitrogen and oxygen atoms in total. The Balaban J connectivity index is 2.31. The number of rotatable bonds is 2. The minimum absolute atomic E-state index is 0.245. The minimum Gasteiger partial charge on any atom is -0.337 e. The zero-order valence-corrected chi connectivity index (χ0v) is 12.0. The standard InChI is InChI=1S/C12H11N3O2S2/c1-7-11(18-6-13-7)12-14-8-4-3-5-9(10(8)15-12)19(2,16)17/h3-6H,1-2H3,(H,14,15). The number of hydrogen-bond donors (Lipinski definition) is 1. The van der Waals surface area contributed by atoms with Gasteiger partial charge in [0, 0.05) is 6.26 Å². The largest absolute Gasteiger partial charge is 0.337 e. The van der Waals surface area contributed by atoms with Crippen LogP contribution >= 0.6 is 11.3 Å². The van der Waals surface area contributed by atoms with Gasteiger partial charge < -0.3 is 4.98 Å². The molecule has 0 radical (unpaired) electrons. The summed E-state index contributed by atoms with van der Waals surface area (Å²) >= 11 is 1.48. The number of sulfone groups is 1. The van der Waals surface area contributed by atoms with E-state index in [1.807, 2.05) is 13.0 Å². The number of fused-ring (bicyclic) bond motifs is 1. The highest BCUT2D eigenvalue weighted by Crippen LogP contribution is 2.29. The lowest BCUT2D eigenvalue weighted by Gasteiger charge is -1.97. The monoisotopic (exact) mass is 293 g/mol. The molecule has 1 aromatic carbocycles. The van der Waals surface area contributed by atoms with Crippen LogP contribution in [0.4, 0.5) is 0 Å². The molecule has 3 aromatic rings. The third kappa shape index (κ3) is 2.04. The number of benzene rings is 1. The molecule has 3 rings (SSSR count). The molecular formula is C12H11N3O2S2. The Morgan fingerprint density at radius 3 is 2.74 bits per heavy atom. The molecule has 0 aliphatic carbocycles. The molecule has 0 saturated carbocycles. The lowest BCUT2D eigenvalue weighted by atomic mass is 10.3. The molecule has 0 aliphatic rings. The first kappa shape index (κ1) is 12.3. The van der Waals surface area contributed by atoms with Gasteiger partial charge in [0.15, 0.2) is 15.7 Å². The number of thiazole rings is 1. The second-order valence-corrected chi connectivity index (χ2v) is 7.12. The Hall–Kier alpha value is -1.73. The molecule has 0 amide bonds. The van der Waals surface area contributed by atoms with E-state index in [1.54, 1.807) is 17.6 Å². The van der Waals surface area contributed by atoms with E-state index in [0.717, 1.165) is 10.6 Å². The zero-order chi connectivity index (χ0) is 13.6. The van der Waals surface area contributed by atoms with Gasteiger partial charge in [0.2, 0.25) is 0 Å². The van der Waals surface area contributed by atoms with Crippen LogP contribution < -0.4 is 0 Å². The Morgan fingerprint density at radius 1 is 1.32 bits per heavy atom. The first-order valence-electron chi connectivity index (χ1n) is 5.56. The van der Waals surface area contributed by atoms with Crippen molar-refractivity contribution in [2.24, 2.45) is 0 Å². The Morgan fingerprint density at radius 2 is 2.11 bits per heavy atom. The molecular weight excluding hydrogens is 282 g/mol. The highest BCUT2D eigenvalue weighted by molar-refractivity contribution is 7.91. The zero-order valence-electron chi connectivity index (χ0n) is 10.3. The number of aromatic nitrogens is 3. The topological polar surface area (TPSA) is 75.7 Å². The van der Waals surface area contributed by atoms with Crippen LogP contribution in [0, 0.1) is 6.92 Å². The molecule has 0 fully saturated rings. The Kier molecular flexibility index (Phi) is 2.68.